The van der Waals surface area contributed by atoms with E-state index in [0.717, 1.165) is 203 Å². The Morgan fingerprint density at radius 1 is 0.289 bits per heavy atom. The van der Waals surface area contributed by atoms with Gasteiger partial charge in [-0.3, -0.25) is 0 Å². The summed E-state index contributed by atoms with van der Waals surface area (Å²) in [6.45, 7) is 3.59. The van der Waals surface area contributed by atoms with Crippen LogP contribution in [0.5, 0.6) is 0 Å². The van der Waals surface area contributed by atoms with E-state index in [-0.39, 0.29) is 5.92 Å². The van der Waals surface area contributed by atoms with Crippen LogP contribution in [0.25, 0.3) is 199 Å². The molecule has 9 heterocycles. The molecule has 23 rings (SSSR count). The van der Waals surface area contributed by atoms with Gasteiger partial charge in [0, 0.05) is 115 Å². The van der Waals surface area contributed by atoms with Crippen molar-refractivity contribution in [3.05, 3.63) is 321 Å². The molecule has 21 aromatic rings. The number of para-hydroxylation sites is 4. The minimum absolute atomic E-state index is 0.203. The summed E-state index contributed by atoms with van der Waals surface area (Å²) in [6.07, 6.45) is 8.79. The first kappa shape index (κ1) is 68.8. The molecule has 19 heteroatoms. The summed E-state index contributed by atoms with van der Waals surface area (Å²) in [5.41, 5.74) is 23.6. The molecule has 2 unspecified atom stereocenters. The number of hydrogen-bond donors (Lipinski definition) is 0. The maximum absolute atomic E-state index is 12.5. The Bertz CT molecular complexity index is 7530. The normalized spacial score (nSPS) is 13.8. The van der Waals surface area contributed by atoms with E-state index in [0.29, 0.717) is 16.9 Å². The molecule has 14 nitrogen and oxygen atoms in total. The average molecular weight is 1560 g/mol. The Labute approximate surface area is 669 Å². The van der Waals surface area contributed by atoms with E-state index in [1.165, 1.54) is 35.2 Å². The first-order valence-electron chi connectivity index (χ1n) is 37.3. The summed E-state index contributed by atoms with van der Waals surface area (Å²) in [6, 6.07) is 99.0. The highest BCUT2D eigenvalue weighted by molar-refractivity contribution is 8.00. The molecule has 0 spiro atoms. The van der Waals surface area contributed by atoms with Gasteiger partial charge in [0.15, 0.2) is 11.6 Å². The second kappa shape index (κ2) is 28.5. The van der Waals surface area contributed by atoms with Crippen molar-refractivity contribution in [2.45, 2.75) is 16.1 Å². The Hall–Kier alpha value is -13.2. The molecule has 0 radical (unpaired) electrons. The van der Waals surface area contributed by atoms with Gasteiger partial charge in [-0.1, -0.05) is 273 Å². The zero-order chi connectivity index (χ0) is 76.0. The molecule has 13 aromatic carbocycles. The lowest BCUT2D eigenvalue weighted by Gasteiger charge is -2.15. The fourth-order valence-corrected chi connectivity index (χ4v) is 19.9. The van der Waals surface area contributed by atoms with Crippen LogP contribution < -0.4 is 5.30 Å². The Morgan fingerprint density at radius 3 is 1.13 bits per heavy atom. The molecule has 540 valence electrons. The number of rotatable bonds is 9. The van der Waals surface area contributed by atoms with Crippen LogP contribution >= 0.6 is 54.1 Å². The maximum atomic E-state index is 12.5. The first-order valence-corrected chi connectivity index (χ1v) is 42.9. The van der Waals surface area contributed by atoms with Gasteiger partial charge in [0.25, 0.3) is 0 Å². The van der Waals surface area contributed by atoms with E-state index in [1.807, 2.05) is 163 Å². The van der Waals surface area contributed by atoms with Crippen molar-refractivity contribution >= 4 is 168 Å². The minimum Gasteiger partial charge on any atom is -0.319 e. The molecular formula is C95H60N13OPS4. The van der Waals surface area contributed by atoms with Crippen LogP contribution in [0, 0.1) is 0 Å². The minimum atomic E-state index is -2.32. The number of allylic oxidation sites excluding steroid dienone is 3. The number of fused-ring (bicyclic) bond motifs is 19. The van der Waals surface area contributed by atoms with Gasteiger partial charge in [0.2, 0.25) is 0 Å². The molecule has 1 aliphatic carbocycles. The van der Waals surface area contributed by atoms with Crippen molar-refractivity contribution < 1.29 is 4.57 Å². The summed E-state index contributed by atoms with van der Waals surface area (Å²) < 4.78 is 41.3. The topological polar surface area (TPSA) is 185 Å². The van der Waals surface area contributed by atoms with E-state index in [1.54, 1.807) is 13.3 Å². The van der Waals surface area contributed by atoms with Crippen LogP contribution in [0.3, 0.4) is 0 Å². The first-order chi connectivity index (χ1) is 56.2. The highest BCUT2D eigenvalue weighted by atomic mass is 32.2. The Morgan fingerprint density at radius 2 is 0.658 bits per heavy atom. The van der Waals surface area contributed by atoms with Gasteiger partial charge in [-0.05, 0) is 61.4 Å². The van der Waals surface area contributed by atoms with Crippen molar-refractivity contribution in [1.82, 2.24) is 61.1 Å². The van der Waals surface area contributed by atoms with Crippen LogP contribution in [0.1, 0.15) is 11.6 Å². The van der Waals surface area contributed by atoms with Gasteiger partial charge in [-0.2, -0.15) is 26.2 Å². The van der Waals surface area contributed by atoms with Gasteiger partial charge in [-0.15, -0.1) is 11.8 Å². The predicted octanol–water partition coefficient (Wildman–Crippen LogP) is 24.2. The zero-order valence-corrected chi connectivity index (χ0v) is 65.1. The number of pyridine rings is 3. The molecule has 0 saturated heterocycles. The van der Waals surface area contributed by atoms with Crippen LogP contribution in [0.2, 0.25) is 0 Å². The molecule has 1 aliphatic heterocycles. The fourth-order valence-electron chi connectivity index (χ4n) is 15.9. The number of hydrogen-bond acceptors (Lipinski definition) is 18. The lowest BCUT2D eigenvalue weighted by molar-refractivity contribution is 0.588. The van der Waals surface area contributed by atoms with Crippen LogP contribution in [0.4, 0.5) is 0 Å². The number of thioether (sulfide) groups is 1. The molecule has 0 saturated carbocycles. The third kappa shape index (κ3) is 12.1. The molecule has 8 aromatic heterocycles. The van der Waals surface area contributed by atoms with Crippen LogP contribution in [0.15, 0.2) is 320 Å². The summed E-state index contributed by atoms with van der Waals surface area (Å²) in [5, 5.41) is 11.7. The van der Waals surface area contributed by atoms with Gasteiger partial charge in [0.05, 0.1) is 96.3 Å². The second-order valence-corrected chi connectivity index (χ2v) is 34.5. The molecule has 2 atom stereocenters. The summed E-state index contributed by atoms with van der Waals surface area (Å²) in [7, 11) is -2.32. The zero-order valence-electron chi connectivity index (χ0n) is 61.0. The third-order valence-electron chi connectivity index (χ3n) is 21.3. The van der Waals surface area contributed by atoms with Crippen molar-refractivity contribution in [2.24, 2.45) is 0 Å². The van der Waals surface area contributed by atoms with E-state index in [9.17, 15) is 4.57 Å². The third-order valence-corrected chi connectivity index (χ3v) is 25.8. The SMILES string of the molecule is C1=CC2Sc3c(-c4ccccc4)nc(-c4cc5c(-c6ccccc6)nc6ccccc6c5c5nsnc45)nc3C2C=C1.CP(C)(=O)c1ccc(-c2cc3c(-c4ccccc4)nc4ccccc4c3c3nsnc23)cc1.c1ccc(-c2nc(-c3cc4c(-c5ccccc5)nc5ccccc5c4c4nsnc34)c3ccccc3n2)cc1. The number of nitrogens with zero attached hydrogens (tertiary/aromatic N) is 13. The monoisotopic (exact) mass is 1560 g/mol. The van der Waals surface area contributed by atoms with E-state index < -0.39 is 7.14 Å². The number of benzene rings is 13. The van der Waals surface area contributed by atoms with Gasteiger partial charge in [-0.25, -0.2) is 34.9 Å². The molecule has 0 bridgehead atoms. The van der Waals surface area contributed by atoms with Gasteiger partial charge < -0.3 is 4.57 Å². The Balaban J connectivity index is 0.000000108. The highest BCUT2D eigenvalue weighted by Gasteiger charge is 2.37. The molecule has 2 aliphatic rings. The van der Waals surface area contributed by atoms with Crippen molar-refractivity contribution in [3.63, 3.8) is 0 Å². The lowest BCUT2D eigenvalue weighted by atomic mass is 9.94. The van der Waals surface area contributed by atoms with E-state index >= 15 is 0 Å². The average Bonchev–Trinajstić information content (AvgIpc) is 1.31. The quantitative estimate of drug-likeness (QED) is 0.0981. The largest absolute Gasteiger partial charge is 0.319 e. The maximum Gasteiger partial charge on any atom is 0.162 e. The molecule has 114 heavy (non-hydrogen) atoms. The summed E-state index contributed by atoms with van der Waals surface area (Å²) in [5.74, 6) is 1.55. The smallest absolute Gasteiger partial charge is 0.162 e. The summed E-state index contributed by atoms with van der Waals surface area (Å²) in [4.78, 5) is 37.2. The van der Waals surface area contributed by atoms with Gasteiger partial charge >= 0.3 is 0 Å². The second-order valence-electron chi connectivity index (χ2n) is 28.5. The number of aromatic nitrogens is 13. The van der Waals surface area contributed by atoms with Crippen molar-refractivity contribution in [1.29, 1.82) is 0 Å². The van der Waals surface area contributed by atoms with E-state index in [4.69, 9.17) is 56.8 Å². The fraction of sp³-hybridized carbons (Fsp3) is 0.0421. The molecular weight excluding hydrogens is 1500 g/mol. The standard InChI is InChI=1S/C35H21N5S2.C33H19N5S.C27H20N3OPS/c1-3-11-20(12-4-1)29-24-19-25(31-33(40-42-39-31)28(24)22-15-7-9-17-26(22)36-29)35-37-30(21-13-5-2-6-14-21)34-32(38-35)23-16-8-10-18-27(23)41-34;1-3-11-20(12-4-1)29-24-19-25(31-32(38-39-37-31)28(24)22-15-7-9-17-26(22)34-29)30-23-16-8-10-18-27(23)35-33(36-30)21-13-5-2-6-14-21;1-32(2,31)19-14-12-17(13-15-19)21-16-22-24(27-26(21)29-33-30-27)20-10-6-7-11-23(20)28-25(22)18-8-4-3-5-9-18/h1-19,23,27H;1-19H;3-16H,1-2H3. The van der Waals surface area contributed by atoms with E-state index in [2.05, 4.69) is 168 Å². The predicted molar refractivity (Wildman–Crippen MR) is 473 cm³/mol. The van der Waals surface area contributed by atoms with Crippen LogP contribution in [-0.2, 0) is 4.57 Å². The van der Waals surface area contributed by atoms with Gasteiger partial charge in [0.1, 0.15) is 40.2 Å². The Kier molecular flexibility index (Phi) is 17.2. The molecule has 0 amide bonds. The van der Waals surface area contributed by atoms with Crippen LogP contribution in [-0.4, -0.2) is 79.7 Å². The molecule has 0 N–H and O–H groups in total. The highest BCUT2D eigenvalue weighted by Crippen LogP contribution is 2.53. The summed E-state index contributed by atoms with van der Waals surface area (Å²) >= 11 is 5.54. The van der Waals surface area contributed by atoms with Crippen molar-refractivity contribution in [3.8, 4) is 90.2 Å². The lowest BCUT2D eigenvalue weighted by Crippen LogP contribution is -2.09. The van der Waals surface area contributed by atoms with Crippen molar-refractivity contribution in [2.75, 3.05) is 13.3 Å². The molecule has 0 fully saturated rings.